The predicted octanol–water partition coefficient (Wildman–Crippen LogP) is 4.23. The van der Waals surface area contributed by atoms with Crippen LogP contribution >= 0.6 is 23.5 Å². The average Bonchev–Trinajstić information content (AvgIpc) is 2.19. The monoisotopic (exact) mass is 242 g/mol. The highest BCUT2D eigenvalue weighted by Gasteiger charge is 2.13. The molecule has 0 aliphatic rings. The second kappa shape index (κ2) is 5.71. The predicted molar refractivity (Wildman–Crippen MR) is 70.4 cm³/mol. The molecule has 0 fully saturated rings. The fraction of sp³-hybridized carbons (Fsp3) is 0.500. The number of phenols is 1. The van der Waals surface area contributed by atoms with Gasteiger partial charge in [-0.15, -0.1) is 23.5 Å². The highest BCUT2D eigenvalue weighted by atomic mass is 32.2. The first-order chi connectivity index (χ1) is 7.11. The molecule has 84 valence electrons. The summed E-state index contributed by atoms with van der Waals surface area (Å²) >= 11 is 3.43. The van der Waals surface area contributed by atoms with Gasteiger partial charge in [0.15, 0.2) is 0 Å². The minimum atomic E-state index is 0.478. The number of aromatic hydroxyl groups is 1. The van der Waals surface area contributed by atoms with E-state index in [0.717, 1.165) is 21.3 Å². The molecule has 0 aliphatic carbocycles. The highest BCUT2D eigenvalue weighted by Crippen LogP contribution is 2.41. The van der Waals surface area contributed by atoms with Gasteiger partial charge in [0.25, 0.3) is 0 Å². The van der Waals surface area contributed by atoms with Gasteiger partial charge in [-0.2, -0.15) is 0 Å². The molecule has 1 aromatic rings. The Hall–Kier alpha value is -0.280. The van der Waals surface area contributed by atoms with Crippen molar-refractivity contribution in [2.24, 2.45) is 0 Å². The quantitative estimate of drug-likeness (QED) is 0.798. The third-order valence-electron chi connectivity index (χ3n) is 2.16. The molecule has 0 bridgehead atoms. The summed E-state index contributed by atoms with van der Waals surface area (Å²) in [6, 6.07) is 2.16. The maximum atomic E-state index is 10.2. The van der Waals surface area contributed by atoms with Gasteiger partial charge in [0.1, 0.15) is 5.75 Å². The van der Waals surface area contributed by atoms with Gasteiger partial charge in [-0.05, 0) is 36.5 Å². The van der Waals surface area contributed by atoms with E-state index >= 15 is 0 Å². The van der Waals surface area contributed by atoms with E-state index in [-0.39, 0.29) is 0 Å². The van der Waals surface area contributed by atoms with E-state index in [2.05, 4.69) is 33.8 Å². The fourth-order valence-electron chi connectivity index (χ4n) is 1.59. The molecule has 0 atom stereocenters. The summed E-state index contributed by atoms with van der Waals surface area (Å²) in [5.41, 5.74) is 2.36. The molecule has 0 aliphatic heterocycles. The van der Waals surface area contributed by atoms with Crippen molar-refractivity contribution in [1.29, 1.82) is 0 Å². The zero-order valence-electron chi connectivity index (χ0n) is 9.76. The third kappa shape index (κ3) is 2.85. The topological polar surface area (TPSA) is 20.2 Å². The molecule has 3 heteroatoms. The van der Waals surface area contributed by atoms with Crippen LogP contribution in [-0.2, 0) is 0 Å². The summed E-state index contributed by atoms with van der Waals surface area (Å²) in [6.07, 6.45) is 0. The number of hydrogen-bond donors (Lipinski definition) is 1. The molecule has 0 spiro atoms. The Balaban J connectivity index is 3.22. The first-order valence-electron chi connectivity index (χ1n) is 5.20. The zero-order valence-corrected chi connectivity index (χ0v) is 11.4. The molecule has 0 radical (unpaired) electrons. The Labute approximate surface area is 101 Å². The maximum absolute atomic E-state index is 10.2. The number of rotatable bonds is 4. The van der Waals surface area contributed by atoms with E-state index in [0.29, 0.717) is 5.75 Å². The van der Waals surface area contributed by atoms with Gasteiger partial charge in [0, 0.05) is 0 Å². The summed E-state index contributed by atoms with van der Waals surface area (Å²) in [5, 5.41) is 10.2. The van der Waals surface area contributed by atoms with Crippen LogP contribution in [0.5, 0.6) is 5.75 Å². The Morgan fingerprint density at radius 1 is 1.00 bits per heavy atom. The number of thioether (sulfide) groups is 2. The van der Waals surface area contributed by atoms with Crippen LogP contribution in [0.25, 0.3) is 0 Å². The second-order valence-corrected chi connectivity index (χ2v) is 5.93. The molecule has 0 amide bonds. The van der Waals surface area contributed by atoms with E-state index in [1.807, 2.05) is 0 Å². The van der Waals surface area contributed by atoms with Crippen molar-refractivity contribution < 1.29 is 5.11 Å². The van der Waals surface area contributed by atoms with Gasteiger partial charge in [0.05, 0.1) is 9.79 Å². The first kappa shape index (κ1) is 12.8. The molecule has 0 aromatic heterocycles. The lowest BCUT2D eigenvalue weighted by Crippen LogP contribution is -1.89. The summed E-state index contributed by atoms with van der Waals surface area (Å²) in [6.45, 7) is 8.34. The minimum Gasteiger partial charge on any atom is -0.506 e. The molecule has 1 nitrogen and oxygen atoms in total. The Kier molecular flexibility index (Phi) is 4.87. The first-order valence-corrected chi connectivity index (χ1v) is 7.17. The zero-order chi connectivity index (χ0) is 11.4. The van der Waals surface area contributed by atoms with E-state index in [4.69, 9.17) is 0 Å². The number of benzene rings is 1. The Morgan fingerprint density at radius 2 is 1.40 bits per heavy atom. The average molecular weight is 242 g/mol. The normalized spacial score (nSPS) is 10.7. The molecular formula is C12H18OS2. The van der Waals surface area contributed by atoms with Crippen molar-refractivity contribution >= 4 is 23.5 Å². The van der Waals surface area contributed by atoms with Crippen LogP contribution in [0.3, 0.4) is 0 Å². The van der Waals surface area contributed by atoms with Gasteiger partial charge in [-0.3, -0.25) is 0 Å². The second-order valence-electron chi connectivity index (χ2n) is 3.38. The lowest BCUT2D eigenvalue weighted by molar-refractivity contribution is 0.447. The molecule has 0 unspecified atom stereocenters. The number of hydrogen-bond acceptors (Lipinski definition) is 3. The van der Waals surface area contributed by atoms with Crippen LogP contribution in [0.4, 0.5) is 0 Å². The molecule has 0 saturated carbocycles. The summed E-state index contributed by atoms with van der Waals surface area (Å²) in [5.74, 6) is 2.47. The van der Waals surface area contributed by atoms with Gasteiger partial charge in [-0.25, -0.2) is 0 Å². The summed E-state index contributed by atoms with van der Waals surface area (Å²) < 4.78 is 0. The van der Waals surface area contributed by atoms with Crippen LogP contribution in [0.15, 0.2) is 15.9 Å². The molecule has 0 heterocycles. The third-order valence-corrected chi connectivity index (χ3v) is 4.34. The van der Waals surface area contributed by atoms with Crippen LogP contribution in [0, 0.1) is 13.8 Å². The Morgan fingerprint density at radius 3 is 1.73 bits per heavy atom. The van der Waals surface area contributed by atoms with Crippen molar-refractivity contribution in [1.82, 2.24) is 0 Å². The highest BCUT2D eigenvalue weighted by molar-refractivity contribution is 8.00. The van der Waals surface area contributed by atoms with Crippen molar-refractivity contribution in [2.75, 3.05) is 11.5 Å². The van der Waals surface area contributed by atoms with Crippen molar-refractivity contribution in [3.8, 4) is 5.75 Å². The summed E-state index contributed by atoms with van der Waals surface area (Å²) in [7, 11) is 0. The standard InChI is InChI=1S/C12H18OS2/c1-5-14-11-8(3)7-9(4)12(10(11)13)15-6-2/h7,13H,5-6H2,1-4H3. The van der Waals surface area contributed by atoms with Gasteiger partial charge < -0.3 is 5.11 Å². The number of phenolic OH excluding ortho intramolecular Hbond substituents is 1. The largest absolute Gasteiger partial charge is 0.506 e. The van der Waals surface area contributed by atoms with E-state index in [9.17, 15) is 5.11 Å². The lowest BCUT2D eigenvalue weighted by Gasteiger charge is -2.13. The SMILES string of the molecule is CCSc1c(C)cc(C)c(SCC)c1O. The Bertz CT molecular complexity index is 318. The molecular weight excluding hydrogens is 224 g/mol. The minimum absolute atomic E-state index is 0.478. The molecule has 15 heavy (non-hydrogen) atoms. The van der Waals surface area contributed by atoms with Gasteiger partial charge >= 0.3 is 0 Å². The van der Waals surface area contributed by atoms with Crippen LogP contribution < -0.4 is 0 Å². The van der Waals surface area contributed by atoms with E-state index in [1.54, 1.807) is 23.5 Å². The van der Waals surface area contributed by atoms with E-state index in [1.165, 1.54) is 11.1 Å². The van der Waals surface area contributed by atoms with Crippen molar-refractivity contribution in [3.63, 3.8) is 0 Å². The maximum Gasteiger partial charge on any atom is 0.143 e. The van der Waals surface area contributed by atoms with Gasteiger partial charge in [-0.1, -0.05) is 19.9 Å². The van der Waals surface area contributed by atoms with Crippen LogP contribution in [0.2, 0.25) is 0 Å². The molecule has 1 aromatic carbocycles. The number of aryl methyl sites for hydroxylation is 2. The fourth-order valence-corrected chi connectivity index (χ4v) is 3.28. The molecule has 1 N–H and O–H groups in total. The summed E-state index contributed by atoms with van der Waals surface area (Å²) in [4.78, 5) is 2.08. The van der Waals surface area contributed by atoms with E-state index < -0.39 is 0 Å². The van der Waals surface area contributed by atoms with Crippen LogP contribution in [-0.4, -0.2) is 16.6 Å². The van der Waals surface area contributed by atoms with Crippen molar-refractivity contribution in [2.45, 2.75) is 37.5 Å². The lowest BCUT2D eigenvalue weighted by atomic mass is 10.1. The smallest absolute Gasteiger partial charge is 0.143 e. The van der Waals surface area contributed by atoms with Crippen LogP contribution in [0.1, 0.15) is 25.0 Å². The van der Waals surface area contributed by atoms with Crippen molar-refractivity contribution in [3.05, 3.63) is 17.2 Å². The van der Waals surface area contributed by atoms with Gasteiger partial charge in [0.2, 0.25) is 0 Å². The molecule has 1 rings (SSSR count). The molecule has 0 saturated heterocycles.